The largest absolute Gasteiger partial charge is 0.497 e. The Bertz CT molecular complexity index is 811. The van der Waals surface area contributed by atoms with Crippen LogP contribution in [0.4, 0.5) is 5.69 Å². The number of amides is 1. The number of benzene rings is 1. The van der Waals surface area contributed by atoms with Gasteiger partial charge in [-0.3, -0.25) is 4.79 Å². The van der Waals surface area contributed by atoms with Crippen LogP contribution in [0.5, 0.6) is 11.5 Å². The molecule has 0 unspecified atom stereocenters. The summed E-state index contributed by atoms with van der Waals surface area (Å²) in [5.41, 5.74) is 2.52. The maximum atomic E-state index is 12.5. The van der Waals surface area contributed by atoms with Gasteiger partial charge in [-0.25, -0.2) is 4.79 Å². The van der Waals surface area contributed by atoms with Crippen molar-refractivity contribution in [3.63, 3.8) is 0 Å². The van der Waals surface area contributed by atoms with Crippen LogP contribution in [0.2, 0.25) is 0 Å². The number of esters is 1. The van der Waals surface area contributed by atoms with Gasteiger partial charge < -0.3 is 24.1 Å². The predicted molar refractivity (Wildman–Crippen MR) is 98.0 cm³/mol. The van der Waals surface area contributed by atoms with Crippen molar-refractivity contribution in [2.24, 2.45) is 0 Å². The molecule has 1 N–H and O–H groups in total. The number of hydrogen-bond acceptors (Lipinski definition) is 5. The van der Waals surface area contributed by atoms with Gasteiger partial charge in [-0.15, -0.1) is 0 Å². The molecule has 2 rings (SSSR count). The molecule has 0 saturated heterocycles. The number of ether oxygens (including phenoxy) is 3. The normalized spacial score (nSPS) is 10.3. The average Bonchev–Trinajstić information content (AvgIpc) is 2.90. The van der Waals surface area contributed by atoms with Crippen LogP contribution in [0.3, 0.4) is 0 Å². The lowest BCUT2D eigenvalue weighted by Crippen LogP contribution is -2.21. The van der Waals surface area contributed by atoms with E-state index in [-0.39, 0.29) is 18.4 Å². The van der Waals surface area contributed by atoms with Crippen LogP contribution in [0, 0.1) is 13.8 Å². The van der Waals surface area contributed by atoms with Crippen LogP contribution in [0.15, 0.2) is 24.3 Å². The Morgan fingerprint density at radius 1 is 1.12 bits per heavy atom. The van der Waals surface area contributed by atoms with Crippen molar-refractivity contribution in [1.29, 1.82) is 0 Å². The van der Waals surface area contributed by atoms with Crippen molar-refractivity contribution in [2.75, 3.05) is 26.1 Å². The third kappa shape index (κ3) is 4.17. The van der Waals surface area contributed by atoms with E-state index in [1.54, 1.807) is 49.8 Å². The third-order valence-corrected chi connectivity index (χ3v) is 4.05. The van der Waals surface area contributed by atoms with E-state index in [2.05, 4.69) is 5.32 Å². The summed E-state index contributed by atoms with van der Waals surface area (Å²) in [4.78, 5) is 24.5. The SMILES string of the molecule is CCOC(=O)c1cc(C)n(CC(=O)Nc2ccc(OC)cc2OC)c1C. The molecule has 7 nitrogen and oxygen atoms in total. The molecule has 1 heterocycles. The van der Waals surface area contributed by atoms with Crippen molar-refractivity contribution >= 4 is 17.6 Å². The van der Waals surface area contributed by atoms with Crippen LogP contribution in [0.25, 0.3) is 0 Å². The summed E-state index contributed by atoms with van der Waals surface area (Å²) in [7, 11) is 3.09. The first-order chi connectivity index (χ1) is 12.4. The van der Waals surface area contributed by atoms with Gasteiger partial charge in [0.2, 0.25) is 5.91 Å². The summed E-state index contributed by atoms with van der Waals surface area (Å²) in [6, 6.07) is 6.88. The fraction of sp³-hybridized carbons (Fsp3) is 0.368. The first kappa shape index (κ1) is 19.4. The fourth-order valence-corrected chi connectivity index (χ4v) is 2.70. The summed E-state index contributed by atoms with van der Waals surface area (Å²) in [5, 5.41) is 2.82. The molecule has 0 saturated carbocycles. The standard InChI is InChI=1S/C19H24N2O5/c1-6-26-19(23)15-9-12(2)21(13(15)3)11-18(22)20-16-8-7-14(24-4)10-17(16)25-5/h7-10H,6,11H2,1-5H3,(H,20,22). The highest BCUT2D eigenvalue weighted by atomic mass is 16.5. The smallest absolute Gasteiger partial charge is 0.339 e. The van der Waals surface area contributed by atoms with Gasteiger partial charge in [-0.2, -0.15) is 0 Å². The number of nitrogens with zero attached hydrogens (tertiary/aromatic N) is 1. The highest BCUT2D eigenvalue weighted by Crippen LogP contribution is 2.29. The zero-order chi connectivity index (χ0) is 19.3. The number of nitrogens with one attached hydrogen (secondary N) is 1. The number of anilines is 1. The molecule has 0 atom stereocenters. The molecule has 0 fully saturated rings. The quantitative estimate of drug-likeness (QED) is 0.768. The third-order valence-electron chi connectivity index (χ3n) is 4.05. The summed E-state index contributed by atoms with van der Waals surface area (Å²) in [6.45, 7) is 5.77. The molecule has 7 heteroatoms. The first-order valence-corrected chi connectivity index (χ1v) is 8.27. The number of aryl methyl sites for hydroxylation is 1. The highest BCUT2D eigenvalue weighted by molar-refractivity contribution is 5.94. The van der Waals surface area contributed by atoms with Crippen LogP contribution in [0.1, 0.15) is 28.7 Å². The van der Waals surface area contributed by atoms with Gasteiger partial charge in [0.15, 0.2) is 0 Å². The van der Waals surface area contributed by atoms with E-state index < -0.39 is 0 Å². The maximum absolute atomic E-state index is 12.5. The van der Waals surface area contributed by atoms with E-state index in [1.165, 1.54) is 7.11 Å². The number of rotatable bonds is 7. The van der Waals surface area contributed by atoms with Crippen molar-refractivity contribution in [3.05, 3.63) is 41.2 Å². The molecule has 1 amide bonds. The molecule has 0 spiro atoms. The van der Waals surface area contributed by atoms with Gasteiger partial charge in [-0.1, -0.05) is 0 Å². The Morgan fingerprint density at radius 3 is 2.46 bits per heavy atom. The molecule has 0 radical (unpaired) electrons. The van der Waals surface area contributed by atoms with E-state index in [0.717, 1.165) is 5.69 Å². The van der Waals surface area contributed by atoms with Crippen LogP contribution in [-0.2, 0) is 16.1 Å². The van der Waals surface area contributed by atoms with Crippen molar-refractivity contribution in [3.8, 4) is 11.5 Å². The molecule has 0 aliphatic heterocycles. The maximum Gasteiger partial charge on any atom is 0.339 e. The zero-order valence-electron chi connectivity index (χ0n) is 15.7. The van der Waals surface area contributed by atoms with Gasteiger partial charge in [0, 0.05) is 17.5 Å². The first-order valence-electron chi connectivity index (χ1n) is 8.27. The zero-order valence-corrected chi connectivity index (χ0v) is 15.7. The predicted octanol–water partition coefficient (Wildman–Crippen LogP) is 2.94. The minimum atomic E-state index is -0.385. The molecular weight excluding hydrogens is 336 g/mol. The fourth-order valence-electron chi connectivity index (χ4n) is 2.70. The minimum absolute atomic E-state index is 0.0756. The Kier molecular flexibility index (Phi) is 6.27. The lowest BCUT2D eigenvalue weighted by Gasteiger charge is -2.13. The van der Waals surface area contributed by atoms with Gasteiger partial charge >= 0.3 is 5.97 Å². The molecule has 26 heavy (non-hydrogen) atoms. The molecule has 2 aromatic rings. The minimum Gasteiger partial charge on any atom is -0.497 e. The van der Waals surface area contributed by atoms with Crippen LogP contribution >= 0.6 is 0 Å². The summed E-state index contributed by atoms with van der Waals surface area (Å²) in [5.74, 6) is 0.525. The summed E-state index contributed by atoms with van der Waals surface area (Å²) in [6.07, 6.45) is 0. The van der Waals surface area contributed by atoms with Crippen LogP contribution in [-0.4, -0.2) is 37.3 Å². The van der Waals surface area contributed by atoms with Gasteiger partial charge in [0.25, 0.3) is 0 Å². The van der Waals surface area contributed by atoms with Crippen LogP contribution < -0.4 is 14.8 Å². The van der Waals surface area contributed by atoms with Crippen molar-refractivity contribution in [1.82, 2.24) is 4.57 Å². The van der Waals surface area contributed by atoms with E-state index in [4.69, 9.17) is 14.2 Å². The Morgan fingerprint density at radius 2 is 1.85 bits per heavy atom. The topological polar surface area (TPSA) is 78.8 Å². The second kappa shape index (κ2) is 8.42. The van der Waals surface area contributed by atoms with E-state index in [0.29, 0.717) is 35.1 Å². The summed E-state index contributed by atoms with van der Waals surface area (Å²) >= 11 is 0. The molecule has 140 valence electrons. The van der Waals surface area contributed by atoms with E-state index >= 15 is 0 Å². The average molecular weight is 360 g/mol. The molecule has 1 aromatic heterocycles. The molecular formula is C19H24N2O5. The number of aromatic nitrogens is 1. The highest BCUT2D eigenvalue weighted by Gasteiger charge is 2.18. The van der Waals surface area contributed by atoms with Crippen molar-refractivity contribution in [2.45, 2.75) is 27.3 Å². The molecule has 0 bridgehead atoms. The summed E-state index contributed by atoms with van der Waals surface area (Å²) < 4.78 is 17.3. The number of methoxy groups -OCH3 is 2. The molecule has 0 aliphatic rings. The Hall–Kier alpha value is -2.96. The Balaban J connectivity index is 2.17. The Labute approximate surface area is 152 Å². The number of carbonyl (C=O) groups excluding carboxylic acids is 2. The van der Waals surface area contributed by atoms with Crippen molar-refractivity contribution < 1.29 is 23.8 Å². The lowest BCUT2D eigenvalue weighted by molar-refractivity contribution is -0.116. The second-order valence-corrected chi connectivity index (χ2v) is 5.71. The monoisotopic (exact) mass is 360 g/mol. The number of carbonyl (C=O) groups is 2. The molecule has 0 aliphatic carbocycles. The number of hydrogen-bond donors (Lipinski definition) is 1. The van der Waals surface area contributed by atoms with Gasteiger partial charge in [0.05, 0.1) is 32.1 Å². The second-order valence-electron chi connectivity index (χ2n) is 5.71. The van der Waals surface area contributed by atoms with E-state index in [1.807, 2.05) is 6.92 Å². The lowest BCUT2D eigenvalue weighted by atomic mass is 10.2. The van der Waals surface area contributed by atoms with E-state index in [9.17, 15) is 9.59 Å². The molecule has 1 aromatic carbocycles. The van der Waals surface area contributed by atoms with Gasteiger partial charge in [0.1, 0.15) is 18.0 Å². The van der Waals surface area contributed by atoms with Gasteiger partial charge in [-0.05, 0) is 39.0 Å².